The van der Waals surface area contributed by atoms with Crippen molar-refractivity contribution in [3.8, 4) is 11.8 Å². The fourth-order valence-corrected chi connectivity index (χ4v) is 2.55. The molecule has 0 atom stereocenters. The van der Waals surface area contributed by atoms with Crippen molar-refractivity contribution < 1.29 is 9.47 Å². The third-order valence-electron chi connectivity index (χ3n) is 3.71. The summed E-state index contributed by atoms with van der Waals surface area (Å²) in [5.74, 6) is 1.30. The number of benzene rings is 1. The van der Waals surface area contributed by atoms with Crippen molar-refractivity contribution >= 4 is 10.9 Å². The van der Waals surface area contributed by atoms with Gasteiger partial charge in [0.1, 0.15) is 11.8 Å². The number of aromatic nitrogens is 1. The van der Waals surface area contributed by atoms with Crippen LogP contribution in [-0.4, -0.2) is 18.3 Å². The predicted octanol–water partition coefficient (Wildman–Crippen LogP) is 4.04. The van der Waals surface area contributed by atoms with E-state index in [9.17, 15) is 5.26 Å². The molecule has 0 saturated carbocycles. The standard InChI is InChI=1S/C18H22N2O2/c1-12(2)15-8-17-16(13(3)11-20(17)4)9-18(15)22-14(10-19)6-7-21-5/h6,8-9,11-12H,7H2,1-5H3. The van der Waals surface area contributed by atoms with Crippen LogP contribution in [0.3, 0.4) is 0 Å². The molecule has 0 spiro atoms. The average Bonchev–Trinajstić information content (AvgIpc) is 2.76. The number of nitriles is 1. The molecular weight excluding hydrogens is 276 g/mol. The number of methoxy groups -OCH3 is 1. The van der Waals surface area contributed by atoms with Crippen LogP contribution in [0.5, 0.6) is 5.75 Å². The van der Waals surface area contributed by atoms with Crippen molar-refractivity contribution in [2.24, 2.45) is 7.05 Å². The Morgan fingerprint density at radius 3 is 2.73 bits per heavy atom. The second kappa shape index (κ2) is 6.67. The number of allylic oxidation sites excluding steroid dienone is 1. The van der Waals surface area contributed by atoms with Crippen LogP contribution in [0.25, 0.3) is 10.9 Å². The van der Waals surface area contributed by atoms with E-state index in [-0.39, 0.29) is 5.76 Å². The van der Waals surface area contributed by atoms with Gasteiger partial charge < -0.3 is 14.0 Å². The van der Waals surface area contributed by atoms with Gasteiger partial charge in [-0.2, -0.15) is 5.26 Å². The second-order valence-electron chi connectivity index (χ2n) is 5.72. The maximum atomic E-state index is 9.21. The normalized spacial score (nSPS) is 12.0. The molecule has 0 saturated heterocycles. The number of rotatable bonds is 5. The van der Waals surface area contributed by atoms with Crippen molar-refractivity contribution in [1.29, 1.82) is 5.26 Å². The van der Waals surface area contributed by atoms with E-state index in [4.69, 9.17) is 9.47 Å². The van der Waals surface area contributed by atoms with Gasteiger partial charge in [-0.1, -0.05) is 13.8 Å². The number of nitrogens with zero attached hydrogens (tertiary/aromatic N) is 2. The monoisotopic (exact) mass is 298 g/mol. The average molecular weight is 298 g/mol. The number of hydrogen-bond acceptors (Lipinski definition) is 3. The van der Waals surface area contributed by atoms with Crippen LogP contribution in [-0.2, 0) is 11.8 Å². The molecule has 116 valence electrons. The van der Waals surface area contributed by atoms with Gasteiger partial charge in [0.2, 0.25) is 5.76 Å². The minimum atomic E-state index is 0.261. The summed E-state index contributed by atoms with van der Waals surface area (Å²) in [6, 6.07) is 6.25. The highest BCUT2D eigenvalue weighted by Gasteiger charge is 2.14. The highest BCUT2D eigenvalue weighted by Crippen LogP contribution is 2.34. The lowest BCUT2D eigenvalue weighted by molar-refractivity contribution is 0.231. The minimum absolute atomic E-state index is 0.261. The summed E-state index contributed by atoms with van der Waals surface area (Å²) in [6.07, 6.45) is 3.75. The van der Waals surface area contributed by atoms with Crippen molar-refractivity contribution in [2.75, 3.05) is 13.7 Å². The zero-order valence-corrected chi connectivity index (χ0v) is 13.8. The molecule has 0 fully saturated rings. The lowest BCUT2D eigenvalue weighted by Crippen LogP contribution is -2.00. The Bertz CT molecular complexity index is 749. The quantitative estimate of drug-likeness (QED) is 0.618. The summed E-state index contributed by atoms with van der Waals surface area (Å²) in [5, 5.41) is 10.4. The Morgan fingerprint density at radius 2 is 2.14 bits per heavy atom. The van der Waals surface area contributed by atoms with Crippen molar-refractivity contribution in [3.05, 3.63) is 41.3 Å². The molecular formula is C18H22N2O2. The molecule has 22 heavy (non-hydrogen) atoms. The summed E-state index contributed by atoms with van der Waals surface area (Å²) >= 11 is 0. The second-order valence-corrected chi connectivity index (χ2v) is 5.72. The van der Waals surface area contributed by atoms with E-state index in [1.807, 2.05) is 13.1 Å². The predicted molar refractivity (Wildman–Crippen MR) is 87.9 cm³/mol. The molecule has 1 heterocycles. The molecule has 0 aliphatic rings. The molecule has 1 aromatic carbocycles. The molecule has 0 aliphatic heterocycles. The molecule has 0 unspecified atom stereocenters. The van der Waals surface area contributed by atoms with E-state index < -0.39 is 0 Å². The van der Waals surface area contributed by atoms with Crippen LogP contribution in [0.1, 0.15) is 30.9 Å². The number of aryl methyl sites for hydroxylation is 2. The van der Waals surface area contributed by atoms with Gasteiger partial charge >= 0.3 is 0 Å². The van der Waals surface area contributed by atoms with Gasteiger partial charge in [0.25, 0.3) is 0 Å². The number of hydrogen-bond donors (Lipinski definition) is 0. The first-order valence-corrected chi connectivity index (χ1v) is 7.34. The minimum Gasteiger partial charge on any atom is -0.446 e. The molecule has 0 N–H and O–H groups in total. The van der Waals surface area contributed by atoms with Gasteiger partial charge in [0.15, 0.2) is 0 Å². The van der Waals surface area contributed by atoms with Gasteiger partial charge in [0.05, 0.1) is 6.61 Å². The third kappa shape index (κ3) is 3.15. The van der Waals surface area contributed by atoms with E-state index in [0.29, 0.717) is 12.5 Å². The van der Waals surface area contributed by atoms with Crippen LogP contribution in [0.15, 0.2) is 30.2 Å². The summed E-state index contributed by atoms with van der Waals surface area (Å²) in [5.41, 5.74) is 3.46. The SMILES string of the molecule is COCC=C(C#N)Oc1cc2c(C)cn(C)c2cc1C(C)C. The number of fused-ring (bicyclic) bond motifs is 1. The van der Waals surface area contributed by atoms with Crippen molar-refractivity contribution in [1.82, 2.24) is 4.57 Å². The topological polar surface area (TPSA) is 47.2 Å². The Hall–Kier alpha value is -2.25. The molecule has 2 aromatic rings. The smallest absolute Gasteiger partial charge is 0.202 e. The Balaban J connectivity index is 2.54. The third-order valence-corrected chi connectivity index (χ3v) is 3.71. The van der Waals surface area contributed by atoms with Crippen LogP contribution in [0.4, 0.5) is 0 Å². The molecule has 1 aromatic heterocycles. The van der Waals surface area contributed by atoms with Crippen LogP contribution >= 0.6 is 0 Å². The zero-order valence-electron chi connectivity index (χ0n) is 13.8. The number of ether oxygens (including phenoxy) is 2. The van der Waals surface area contributed by atoms with Crippen LogP contribution in [0.2, 0.25) is 0 Å². The van der Waals surface area contributed by atoms with Gasteiger partial charge in [-0.15, -0.1) is 0 Å². The molecule has 0 radical (unpaired) electrons. The molecule has 4 nitrogen and oxygen atoms in total. The first-order chi connectivity index (χ1) is 10.5. The maximum Gasteiger partial charge on any atom is 0.202 e. The Labute approximate surface area is 131 Å². The fraction of sp³-hybridized carbons (Fsp3) is 0.389. The Kier molecular flexibility index (Phi) is 4.89. The molecule has 0 aliphatic carbocycles. The van der Waals surface area contributed by atoms with E-state index in [0.717, 1.165) is 16.7 Å². The molecule has 0 amide bonds. The van der Waals surface area contributed by atoms with Crippen LogP contribution in [0, 0.1) is 18.3 Å². The summed E-state index contributed by atoms with van der Waals surface area (Å²) in [4.78, 5) is 0. The van der Waals surface area contributed by atoms with Crippen molar-refractivity contribution in [2.45, 2.75) is 26.7 Å². The highest BCUT2D eigenvalue weighted by molar-refractivity contribution is 5.86. The molecule has 4 heteroatoms. The Morgan fingerprint density at radius 1 is 1.41 bits per heavy atom. The first-order valence-electron chi connectivity index (χ1n) is 7.34. The van der Waals surface area contributed by atoms with Gasteiger partial charge in [-0.3, -0.25) is 0 Å². The first kappa shape index (κ1) is 16.1. The zero-order chi connectivity index (χ0) is 16.3. The van der Waals surface area contributed by atoms with E-state index >= 15 is 0 Å². The molecule has 2 rings (SSSR count). The van der Waals surface area contributed by atoms with Gasteiger partial charge in [0, 0.05) is 31.3 Å². The van der Waals surface area contributed by atoms with Gasteiger partial charge in [-0.25, -0.2) is 0 Å². The highest BCUT2D eigenvalue weighted by atomic mass is 16.5. The fourth-order valence-electron chi connectivity index (χ4n) is 2.55. The summed E-state index contributed by atoms with van der Waals surface area (Å²) in [6.45, 7) is 6.67. The maximum absolute atomic E-state index is 9.21. The largest absolute Gasteiger partial charge is 0.446 e. The summed E-state index contributed by atoms with van der Waals surface area (Å²) in [7, 11) is 3.63. The van der Waals surface area contributed by atoms with E-state index in [1.165, 1.54) is 11.1 Å². The summed E-state index contributed by atoms with van der Waals surface area (Å²) < 4.78 is 12.9. The van der Waals surface area contributed by atoms with E-state index in [2.05, 4.69) is 43.7 Å². The van der Waals surface area contributed by atoms with Gasteiger partial charge in [-0.05, 0) is 42.2 Å². The van der Waals surface area contributed by atoms with E-state index in [1.54, 1.807) is 13.2 Å². The van der Waals surface area contributed by atoms with Crippen LogP contribution < -0.4 is 4.74 Å². The molecule has 0 bridgehead atoms. The lowest BCUT2D eigenvalue weighted by atomic mass is 10.00. The van der Waals surface area contributed by atoms with Crippen molar-refractivity contribution in [3.63, 3.8) is 0 Å². The lowest BCUT2D eigenvalue weighted by Gasteiger charge is -2.14.